The molecule has 0 aromatic heterocycles. The van der Waals surface area contributed by atoms with E-state index in [9.17, 15) is 0 Å². The number of benzene rings is 3. The Kier molecular flexibility index (Phi) is 18.0. The second kappa shape index (κ2) is 21.8. The van der Waals surface area contributed by atoms with Gasteiger partial charge in [0.1, 0.15) is 0 Å². The van der Waals surface area contributed by atoms with Gasteiger partial charge in [-0.2, -0.15) is 0 Å². The van der Waals surface area contributed by atoms with Gasteiger partial charge in [-0.05, 0) is 131 Å². The summed E-state index contributed by atoms with van der Waals surface area (Å²) in [6, 6.07) is 21.6. The van der Waals surface area contributed by atoms with Gasteiger partial charge < -0.3 is 19.6 Å². The van der Waals surface area contributed by atoms with E-state index in [1.807, 2.05) is 0 Å². The van der Waals surface area contributed by atoms with Crippen LogP contribution in [0.4, 0.5) is 34.1 Å². The first kappa shape index (κ1) is 40.3. The third-order valence-corrected chi connectivity index (χ3v) is 10.0. The molecule has 3 aromatic carbocycles. The number of aryl methyl sites for hydroxylation is 3. The topological polar surface area (TPSA) is 13.0 Å². The average Bonchev–Trinajstić information content (AvgIpc) is 3.10. The van der Waals surface area contributed by atoms with Crippen LogP contribution in [0.3, 0.4) is 0 Å². The fraction of sp³-hybridized carbons (Fsp3) is 0.600. The molecular formula is C45H72N4. The Morgan fingerprint density at radius 1 is 0.347 bits per heavy atom. The highest BCUT2D eigenvalue weighted by Gasteiger charge is 2.21. The van der Waals surface area contributed by atoms with Crippen molar-refractivity contribution in [3.8, 4) is 0 Å². The number of unbranched alkanes of at least 4 members (excludes halogenated alkanes) is 6. The van der Waals surface area contributed by atoms with Crippen LogP contribution in [0.1, 0.15) is 135 Å². The first-order valence-corrected chi connectivity index (χ1v) is 20.2. The van der Waals surface area contributed by atoms with Crippen molar-refractivity contribution in [2.24, 2.45) is 0 Å². The Morgan fingerprint density at radius 3 is 0.755 bits per heavy atom. The van der Waals surface area contributed by atoms with Crippen LogP contribution < -0.4 is 19.6 Å². The van der Waals surface area contributed by atoms with Crippen LogP contribution in [0.5, 0.6) is 0 Å². The Balaban J connectivity index is 2.15. The van der Waals surface area contributed by atoms with Crippen LogP contribution in [0, 0.1) is 20.8 Å². The Hall–Kier alpha value is -3.14. The Morgan fingerprint density at radius 2 is 0.571 bits per heavy atom. The molecule has 0 amide bonds. The minimum Gasteiger partial charge on any atom is -0.372 e. The van der Waals surface area contributed by atoms with Gasteiger partial charge >= 0.3 is 0 Å². The molecule has 0 unspecified atom stereocenters. The third kappa shape index (κ3) is 11.7. The first-order chi connectivity index (χ1) is 23.8. The van der Waals surface area contributed by atoms with Crippen molar-refractivity contribution in [3.05, 3.63) is 71.3 Å². The molecule has 0 aliphatic carbocycles. The van der Waals surface area contributed by atoms with E-state index in [-0.39, 0.29) is 0 Å². The highest BCUT2D eigenvalue weighted by atomic mass is 15.2. The normalized spacial score (nSPS) is 11.2. The van der Waals surface area contributed by atoms with Gasteiger partial charge in [-0.15, -0.1) is 0 Å². The van der Waals surface area contributed by atoms with Gasteiger partial charge in [0.2, 0.25) is 0 Å². The van der Waals surface area contributed by atoms with E-state index in [1.165, 1.54) is 128 Å². The Labute approximate surface area is 302 Å². The molecule has 0 aliphatic rings. The van der Waals surface area contributed by atoms with E-state index in [2.05, 4.69) is 137 Å². The second-order valence-corrected chi connectivity index (χ2v) is 14.3. The Bertz CT molecular complexity index is 1170. The summed E-state index contributed by atoms with van der Waals surface area (Å²) in [4.78, 5) is 10.4. The molecule has 0 N–H and O–H groups in total. The molecule has 4 nitrogen and oxygen atoms in total. The van der Waals surface area contributed by atoms with E-state index in [0.29, 0.717) is 0 Å². The van der Waals surface area contributed by atoms with Crippen molar-refractivity contribution in [1.29, 1.82) is 0 Å². The fourth-order valence-electron chi connectivity index (χ4n) is 6.85. The van der Waals surface area contributed by atoms with E-state index in [0.717, 1.165) is 39.3 Å². The average molecular weight is 669 g/mol. The van der Waals surface area contributed by atoms with Crippen molar-refractivity contribution in [2.75, 3.05) is 58.9 Å². The molecule has 49 heavy (non-hydrogen) atoms. The predicted molar refractivity (Wildman–Crippen MR) is 221 cm³/mol. The maximum absolute atomic E-state index is 2.61. The van der Waals surface area contributed by atoms with E-state index in [4.69, 9.17) is 0 Å². The van der Waals surface area contributed by atoms with E-state index < -0.39 is 0 Å². The highest BCUT2D eigenvalue weighted by Crippen LogP contribution is 2.42. The summed E-state index contributed by atoms with van der Waals surface area (Å²) in [7, 11) is 0. The SMILES string of the molecule is CCCCN(CCCC)c1ccc(N(c2ccc(N(CCCC)CCCC)cc2C)c2ccc(N(CCCC)CCCC)cc2C)c(C)c1. The van der Waals surface area contributed by atoms with Crippen molar-refractivity contribution in [3.63, 3.8) is 0 Å². The lowest BCUT2D eigenvalue weighted by atomic mass is 10.0. The van der Waals surface area contributed by atoms with Crippen molar-refractivity contribution < 1.29 is 0 Å². The monoisotopic (exact) mass is 669 g/mol. The molecular weight excluding hydrogens is 597 g/mol. The van der Waals surface area contributed by atoms with Crippen LogP contribution in [-0.2, 0) is 0 Å². The lowest BCUT2D eigenvalue weighted by molar-refractivity contribution is 0.677. The van der Waals surface area contributed by atoms with Crippen LogP contribution >= 0.6 is 0 Å². The maximum atomic E-state index is 2.61. The molecule has 0 saturated heterocycles. The first-order valence-electron chi connectivity index (χ1n) is 20.2. The molecule has 0 aliphatic heterocycles. The molecule has 0 atom stereocenters. The highest BCUT2D eigenvalue weighted by molar-refractivity contribution is 5.84. The maximum Gasteiger partial charge on any atom is 0.0492 e. The quantitative estimate of drug-likeness (QED) is 0.0941. The zero-order chi connectivity index (χ0) is 35.6. The van der Waals surface area contributed by atoms with Crippen LogP contribution in [-0.4, -0.2) is 39.3 Å². The summed E-state index contributed by atoms with van der Waals surface area (Å²) in [6.07, 6.45) is 14.7. The zero-order valence-corrected chi connectivity index (χ0v) is 33.2. The van der Waals surface area contributed by atoms with E-state index >= 15 is 0 Å². The summed E-state index contributed by atoms with van der Waals surface area (Å²) >= 11 is 0. The van der Waals surface area contributed by atoms with Crippen LogP contribution in [0.15, 0.2) is 54.6 Å². The standard InChI is InChI=1S/C45H72N4/c1-10-16-28-46(29-17-11-2)40-22-25-43(37(7)34-40)49(44-26-23-41(35-38(44)8)47(30-18-12-3)31-19-13-4)45-27-24-42(36-39(45)9)48(32-20-14-5)33-21-15-6/h22-27,34-36H,10-21,28-33H2,1-9H3. The third-order valence-electron chi connectivity index (χ3n) is 10.0. The minimum atomic E-state index is 1.12. The van der Waals surface area contributed by atoms with Crippen LogP contribution in [0.2, 0.25) is 0 Å². The summed E-state index contributed by atoms with van der Waals surface area (Å²) in [5.41, 5.74) is 11.8. The van der Waals surface area contributed by atoms with Crippen molar-refractivity contribution in [2.45, 2.75) is 139 Å². The van der Waals surface area contributed by atoms with Gasteiger partial charge in [0, 0.05) is 73.4 Å². The van der Waals surface area contributed by atoms with Crippen LogP contribution in [0.25, 0.3) is 0 Å². The van der Waals surface area contributed by atoms with Gasteiger partial charge in [0.25, 0.3) is 0 Å². The van der Waals surface area contributed by atoms with Gasteiger partial charge in [0.05, 0.1) is 0 Å². The molecule has 3 rings (SSSR count). The minimum absolute atomic E-state index is 1.12. The lowest BCUT2D eigenvalue weighted by Gasteiger charge is -2.33. The molecule has 0 spiro atoms. The van der Waals surface area contributed by atoms with E-state index in [1.54, 1.807) is 0 Å². The second-order valence-electron chi connectivity index (χ2n) is 14.3. The molecule has 4 heteroatoms. The molecule has 272 valence electrons. The fourth-order valence-corrected chi connectivity index (χ4v) is 6.85. The molecule has 0 radical (unpaired) electrons. The number of hydrogen-bond donors (Lipinski definition) is 0. The lowest BCUT2D eigenvalue weighted by Crippen LogP contribution is -2.26. The number of anilines is 6. The summed E-state index contributed by atoms with van der Waals surface area (Å²) in [5, 5.41) is 0. The summed E-state index contributed by atoms with van der Waals surface area (Å²) in [5.74, 6) is 0. The number of rotatable bonds is 24. The van der Waals surface area contributed by atoms with Crippen molar-refractivity contribution >= 4 is 34.1 Å². The predicted octanol–water partition coefficient (Wildman–Crippen LogP) is 13.3. The van der Waals surface area contributed by atoms with Gasteiger partial charge in [-0.25, -0.2) is 0 Å². The smallest absolute Gasteiger partial charge is 0.0492 e. The zero-order valence-electron chi connectivity index (χ0n) is 33.2. The summed E-state index contributed by atoms with van der Waals surface area (Å²) in [6.45, 7) is 27.5. The molecule has 0 fully saturated rings. The largest absolute Gasteiger partial charge is 0.372 e. The molecule has 0 saturated carbocycles. The number of nitrogens with zero attached hydrogens (tertiary/aromatic N) is 4. The molecule has 0 bridgehead atoms. The van der Waals surface area contributed by atoms with Gasteiger partial charge in [-0.1, -0.05) is 80.1 Å². The summed E-state index contributed by atoms with van der Waals surface area (Å²) < 4.78 is 0. The molecule has 3 aromatic rings. The molecule has 0 heterocycles. The van der Waals surface area contributed by atoms with Crippen molar-refractivity contribution in [1.82, 2.24) is 0 Å². The van der Waals surface area contributed by atoms with Gasteiger partial charge in [-0.3, -0.25) is 0 Å². The number of hydrogen-bond acceptors (Lipinski definition) is 4. The van der Waals surface area contributed by atoms with Gasteiger partial charge in [0.15, 0.2) is 0 Å².